The number of ether oxygens (including phenoxy) is 1. The average molecular weight is 354 g/mol. The average Bonchev–Trinajstić information content (AvgIpc) is 2.81. The molecule has 118 valence electrons. The highest BCUT2D eigenvalue weighted by Crippen LogP contribution is 2.22. The molecule has 2 rings (SSSR count). The van der Waals surface area contributed by atoms with E-state index < -0.39 is 19.1 Å². The Morgan fingerprint density at radius 1 is 1.29 bits per heavy atom. The van der Waals surface area contributed by atoms with Gasteiger partial charge in [-0.25, -0.2) is 21.6 Å². The first-order valence-corrected chi connectivity index (χ1v) is 10.2. The minimum atomic E-state index is -3.96. The van der Waals surface area contributed by atoms with Crippen molar-refractivity contribution in [2.24, 2.45) is 5.92 Å². The molecule has 21 heavy (non-hydrogen) atoms. The molecule has 0 aromatic heterocycles. The first-order valence-electron chi connectivity index (χ1n) is 6.36. The topological polar surface area (TPSA) is 89.5 Å². The second-order valence-electron chi connectivity index (χ2n) is 4.89. The summed E-state index contributed by atoms with van der Waals surface area (Å²) in [7, 11) is -2.53. The molecule has 0 amide bonds. The number of hydrogen-bond donors (Lipinski definition) is 1. The summed E-state index contributed by atoms with van der Waals surface area (Å²) in [5.41, 5.74) is 0. The van der Waals surface area contributed by atoms with Crippen molar-refractivity contribution in [3.05, 3.63) is 24.3 Å². The van der Waals surface area contributed by atoms with Crippen molar-refractivity contribution in [1.29, 1.82) is 0 Å². The van der Waals surface area contributed by atoms with Crippen LogP contribution in [0.1, 0.15) is 13.3 Å². The molecule has 0 bridgehead atoms. The molecule has 1 aromatic carbocycles. The van der Waals surface area contributed by atoms with Gasteiger partial charge in [-0.1, -0.05) is 6.07 Å². The standard InChI is InChI=1S/C12H16ClNO5S2/c1-9-10(5-6-19-9)8-14-21(17,18)12-4-2-3-11(7-12)20(13,15)16/h2-4,7,9-10,14H,5-6,8H2,1H3. The monoisotopic (exact) mass is 353 g/mol. The maximum absolute atomic E-state index is 12.2. The highest BCUT2D eigenvalue weighted by Gasteiger charge is 2.26. The maximum atomic E-state index is 12.2. The van der Waals surface area contributed by atoms with E-state index in [4.69, 9.17) is 15.4 Å². The van der Waals surface area contributed by atoms with E-state index >= 15 is 0 Å². The Bertz CT molecular complexity index is 717. The highest BCUT2D eigenvalue weighted by molar-refractivity contribution is 8.13. The van der Waals surface area contributed by atoms with Gasteiger partial charge in [0.2, 0.25) is 10.0 Å². The molecule has 1 fully saturated rings. The van der Waals surface area contributed by atoms with Crippen LogP contribution in [0.15, 0.2) is 34.1 Å². The molecule has 1 heterocycles. The number of rotatable bonds is 5. The third-order valence-corrected chi connectivity index (χ3v) is 6.24. The van der Waals surface area contributed by atoms with Crippen molar-refractivity contribution in [3.63, 3.8) is 0 Å². The van der Waals surface area contributed by atoms with Gasteiger partial charge < -0.3 is 4.74 Å². The van der Waals surface area contributed by atoms with Crippen molar-refractivity contribution < 1.29 is 21.6 Å². The SMILES string of the molecule is CC1OCCC1CNS(=O)(=O)c1cccc(S(=O)(=O)Cl)c1. The van der Waals surface area contributed by atoms with Crippen LogP contribution in [0.25, 0.3) is 0 Å². The number of benzene rings is 1. The third-order valence-electron chi connectivity index (χ3n) is 3.47. The molecule has 0 spiro atoms. The van der Waals surface area contributed by atoms with Crippen LogP contribution >= 0.6 is 10.7 Å². The summed E-state index contributed by atoms with van der Waals surface area (Å²) in [6.07, 6.45) is 0.794. The third kappa shape index (κ3) is 4.17. The Balaban J connectivity index is 2.16. The van der Waals surface area contributed by atoms with Crippen LogP contribution in [0.5, 0.6) is 0 Å². The van der Waals surface area contributed by atoms with E-state index in [1.807, 2.05) is 6.92 Å². The molecule has 2 unspecified atom stereocenters. The van der Waals surface area contributed by atoms with Crippen LogP contribution in [0.4, 0.5) is 0 Å². The van der Waals surface area contributed by atoms with Crippen LogP contribution < -0.4 is 4.72 Å². The van der Waals surface area contributed by atoms with Gasteiger partial charge in [0.25, 0.3) is 9.05 Å². The molecule has 6 nitrogen and oxygen atoms in total. The summed E-state index contributed by atoms with van der Waals surface area (Å²) in [6.45, 7) is 2.77. The van der Waals surface area contributed by atoms with Crippen molar-refractivity contribution in [3.8, 4) is 0 Å². The van der Waals surface area contributed by atoms with Gasteiger partial charge in [-0.2, -0.15) is 0 Å². The van der Waals surface area contributed by atoms with Gasteiger partial charge in [-0.15, -0.1) is 0 Å². The van der Waals surface area contributed by atoms with Crippen LogP contribution in [0.3, 0.4) is 0 Å². The number of nitrogens with one attached hydrogen (secondary N) is 1. The zero-order valence-corrected chi connectivity index (χ0v) is 13.7. The molecule has 1 aromatic rings. The molecule has 0 saturated carbocycles. The maximum Gasteiger partial charge on any atom is 0.261 e. The summed E-state index contributed by atoms with van der Waals surface area (Å²) in [5, 5.41) is 0. The lowest BCUT2D eigenvalue weighted by Crippen LogP contribution is -2.32. The highest BCUT2D eigenvalue weighted by atomic mass is 35.7. The Labute approximate surface area is 128 Å². The summed E-state index contributed by atoms with van der Waals surface area (Å²) < 4.78 is 54.7. The molecule has 2 atom stereocenters. The van der Waals surface area contributed by atoms with E-state index in [1.54, 1.807) is 0 Å². The van der Waals surface area contributed by atoms with E-state index in [1.165, 1.54) is 18.2 Å². The van der Waals surface area contributed by atoms with E-state index in [-0.39, 0.29) is 28.4 Å². The summed E-state index contributed by atoms with van der Waals surface area (Å²) in [4.78, 5) is -0.375. The molecule has 9 heteroatoms. The smallest absolute Gasteiger partial charge is 0.261 e. The van der Waals surface area contributed by atoms with Gasteiger partial charge in [0.1, 0.15) is 0 Å². The van der Waals surface area contributed by atoms with Gasteiger partial charge in [-0.05, 0) is 31.5 Å². The lowest BCUT2D eigenvalue weighted by atomic mass is 10.0. The quantitative estimate of drug-likeness (QED) is 0.806. The Morgan fingerprint density at radius 3 is 2.52 bits per heavy atom. The minimum Gasteiger partial charge on any atom is -0.378 e. The minimum absolute atomic E-state index is 0.00209. The lowest BCUT2D eigenvalue weighted by molar-refractivity contribution is 0.107. The van der Waals surface area contributed by atoms with Crippen molar-refractivity contribution in [2.75, 3.05) is 13.2 Å². The molecule has 0 aliphatic carbocycles. The molecule has 1 saturated heterocycles. The summed E-state index contributed by atoms with van der Waals surface area (Å²) in [5.74, 6) is 0.111. The van der Waals surface area contributed by atoms with Crippen molar-refractivity contribution in [2.45, 2.75) is 29.2 Å². The fourth-order valence-electron chi connectivity index (χ4n) is 2.14. The zero-order chi connectivity index (χ0) is 15.7. The summed E-state index contributed by atoms with van der Waals surface area (Å²) >= 11 is 0. The normalized spacial score (nSPS) is 23.3. The molecule has 1 aliphatic rings. The van der Waals surface area contributed by atoms with E-state index in [9.17, 15) is 16.8 Å². The molecule has 1 N–H and O–H groups in total. The lowest BCUT2D eigenvalue weighted by Gasteiger charge is -2.15. The van der Waals surface area contributed by atoms with Gasteiger partial charge in [-0.3, -0.25) is 0 Å². The Hall–Kier alpha value is -0.670. The first-order chi connectivity index (χ1) is 9.70. The van der Waals surface area contributed by atoms with Crippen molar-refractivity contribution in [1.82, 2.24) is 4.72 Å². The van der Waals surface area contributed by atoms with Crippen LogP contribution in [0, 0.1) is 5.92 Å². The Kier molecular flexibility index (Phi) is 4.94. The fourth-order valence-corrected chi connectivity index (χ4v) is 4.15. The van der Waals surface area contributed by atoms with E-state index in [0.29, 0.717) is 6.61 Å². The predicted molar refractivity (Wildman–Crippen MR) is 78.2 cm³/mol. The van der Waals surface area contributed by atoms with Gasteiger partial charge in [0, 0.05) is 29.8 Å². The van der Waals surface area contributed by atoms with Gasteiger partial charge in [0.05, 0.1) is 15.9 Å². The second kappa shape index (κ2) is 6.21. The number of sulfonamides is 1. The van der Waals surface area contributed by atoms with E-state index in [0.717, 1.165) is 12.5 Å². The molecular formula is C12H16ClNO5S2. The largest absolute Gasteiger partial charge is 0.378 e. The van der Waals surface area contributed by atoms with Gasteiger partial charge in [0.15, 0.2) is 0 Å². The number of hydrogen-bond acceptors (Lipinski definition) is 5. The van der Waals surface area contributed by atoms with E-state index in [2.05, 4.69) is 4.72 Å². The zero-order valence-electron chi connectivity index (χ0n) is 11.3. The van der Waals surface area contributed by atoms with Gasteiger partial charge >= 0.3 is 0 Å². The molecule has 0 radical (unpaired) electrons. The molecule has 1 aliphatic heterocycles. The van der Waals surface area contributed by atoms with Crippen LogP contribution in [0.2, 0.25) is 0 Å². The predicted octanol–water partition coefficient (Wildman–Crippen LogP) is 1.32. The fraction of sp³-hybridized carbons (Fsp3) is 0.500. The summed E-state index contributed by atoms with van der Waals surface area (Å²) in [6, 6.07) is 4.95. The van der Waals surface area contributed by atoms with Crippen LogP contribution in [-0.2, 0) is 23.8 Å². The van der Waals surface area contributed by atoms with Crippen LogP contribution in [-0.4, -0.2) is 36.1 Å². The first kappa shape index (κ1) is 16.7. The Morgan fingerprint density at radius 2 is 1.95 bits per heavy atom. The second-order valence-corrected chi connectivity index (χ2v) is 9.22. The molecular weight excluding hydrogens is 338 g/mol. The number of halogens is 1. The van der Waals surface area contributed by atoms with Crippen molar-refractivity contribution >= 4 is 29.8 Å².